The lowest BCUT2D eigenvalue weighted by Gasteiger charge is -2.11. The highest BCUT2D eigenvalue weighted by Crippen LogP contribution is 1.99. The predicted molar refractivity (Wildman–Crippen MR) is 40.5 cm³/mol. The van der Waals surface area contributed by atoms with Crippen molar-refractivity contribution in [2.24, 2.45) is 11.1 Å². The summed E-state index contributed by atoms with van der Waals surface area (Å²) in [6.07, 6.45) is 0. The molecule has 0 spiro atoms. The van der Waals surface area contributed by atoms with Crippen LogP contribution in [0.25, 0.3) is 0 Å². The largest absolute Gasteiger partial charge is 0.275 e. The van der Waals surface area contributed by atoms with Crippen LogP contribution in [0.1, 0.15) is 13.8 Å². The first-order valence-corrected chi connectivity index (χ1v) is 4.61. The van der Waals surface area contributed by atoms with Crippen LogP contribution in [-0.2, 0) is 10.2 Å². The fourth-order valence-electron chi connectivity index (χ4n) is 0.488. The molecule has 0 aromatic rings. The van der Waals surface area contributed by atoms with Crippen molar-refractivity contribution >= 4 is 10.2 Å². The van der Waals surface area contributed by atoms with Gasteiger partial charge >= 0.3 is 0 Å². The van der Waals surface area contributed by atoms with Crippen molar-refractivity contribution in [3.63, 3.8) is 0 Å². The molecule has 11 heavy (non-hydrogen) atoms. The van der Waals surface area contributed by atoms with Crippen molar-refractivity contribution in [1.29, 1.82) is 5.26 Å². The van der Waals surface area contributed by atoms with Gasteiger partial charge in [-0.15, -0.1) is 0 Å². The Morgan fingerprint density at radius 3 is 2.09 bits per heavy atom. The molecule has 3 N–H and O–H groups in total. The molecule has 0 aromatic heterocycles. The van der Waals surface area contributed by atoms with Gasteiger partial charge in [-0.25, -0.2) is 5.14 Å². The third kappa shape index (κ3) is 4.72. The lowest BCUT2D eigenvalue weighted by molar-refractivity contribution is 0.516. The minimum atomic E-state index is -3.75. The topological polar surface area (TPSA) is 96.0 Å². The molecule has 0 saturated heterocycles. The van der Waals surface area contributed by atoms with Gasteiger partial charge in [-0.3, -0.25) is 0 Å². The molecule has 6 heteroatoms. The second-order valence-corrected chi connectivity index (χ2v) is 3.84. The Balaban J connectivity index is 4.26. The van der Waals surface area contributed by atoms with E-state index in [-0.39, 0.29) is 5.92 Å². The molecule has 0 bridgehead atoms. The lowest BCUT2D eigenvalue weighted by atomic mass is 10.1. The van der Waals surface area contributed by atoms with Gasteiger partial charge in [0.05, 0.1) is 6.07 Å². The summed E-state index contributed by atoms with van der Waals surface area (Å²) in [5.74, 6) is -0.0849. The summed E-state index contributed by atoms with van der Waals surface area (Å²) in [4.78, 5) is 0. The van der Waals surface area contributed by atoms with Gasteiger partial charge in [0, 0.05) is 0 Å². The molecule has 0 aromatic carbocycles. The molecule has 5 nitrogen and oxygen atoms in total. The highest BCUT2D eigenvalue weighted by Gasteiger charge is 2.16. The monoisotopic (exact) mass is 177 g/mol. The molecule has 0 saturated carbocycles. The van der Waals surface area contributed by atoms with E-state index in [9.17, 15) is 8.42 Å². The van der Waals surface area contributed by atoms with Crippen molar-refractivity contribution in [2.45, 2.75) is 19.9 Å². The van der Waals surface area contributed by atoms with Crippen LogP contribution in [0.15, 0.2) is 0 Å². The van der Waals surface area contributed by atoms with E-state index in [2.05, 4.69) is 5.14 Å². The van der Waals surface area contributed by atoms with Crippen molar-refractivity contribution in [3.05, 3.63) is 0 Å². The van der Waals surface area contributed by atoms with Crippen LogP contribution in [-0.4, -0.2) is 14.5 Å². The predicted octanol–water partition coefficient (Wildman–Crippen LogP) is -0.672. The SMILES string of the molecule is CC(C)C(C#N)NS(N)(=O)=O. The van der Waals surface area contributed by atoms with E-state index in [1.807, 2.05) is 4.72 Å². The summed E-state index contributed by atoms with van der Waals surface area (Å²) in [6, 6.07) is 1.04. The molecule has 0 aliphatic heterocycles. The molecular formula is C5H11N3O2S. The zero-order valence-corrected chi connectivity index (χ0v) is 7.22. The van der Waals surface area contributed by atoms with Gasteiger partial charge in [-0.05, 0) is 5.92 Å². The van der Waals surface area contributed by atoms with Gasteiger partial charge in [0.25, 0.3) is 10.2 Å². The van der Waals surface area contributed by atoms with Crippen LogP contribution in [0.4, 0.5) is 0 Å². The summed E-state index contributed by atoms with van der Waals surface area (Å²) < 4.78 is 22.8. The van der Waals surface area contributed by atoms with Gasteiger partial charge in [-0.1, -0.05) is 13.8 Å². The van der Waals surface area contributed by atoms with Crippen LogP contribution < -0.4 is 9.86 Å². The van der Waals surface area contributed by atoms with Gasteiger partial charge < -0.3 is 0 Å². The Kier molecular flexibility index (Phi) is 3.45. The minimum Gasteiger partial charge on any atom is -0.216 e. The first-order chi connectivity index (χ1) is 4.87. The van der Waals surface area contributed by atoms with Crippen LogP contribution in [0.3, 0.4) is 0 Å². The molecule has 0 aliphatic carbocycles. The Morgan fingerprint density at radius 2 is 2.00 bits per heavy atom. The highest BCUT2D eigenvalue weighted by molar-refractivity contribution is 7.87. The van der Waals surface area contributed by atoms with E-state index in [1.165, 1.54) is 0 Å². The molecule has 1 atom stereocenters. The highest BCUT2D eigenvalue weighted by atomic mass is 32.2. The molecule has 0 radical (unpaired) electrons. The Labute approximate surface area is 66.4 Å². The summed E-state index contributed by atoms with van der Waals surface area (Å²) in [6.45, 7) is 3.46. The van der Waals surface area contributed by atoms with Crippen molar-refractivity contribution in [1.82, 2.24) is 4.72 Å². The molecule has 0 heterocycles. The quantitative estimate of drug-likeness (QED) is 0.598. The molecule has 0 amide bonds. The molecule has 1 unspecified atom stereocenters. The summed E-state index contributed by atoms with van der Waals surface area (Å²) in [5.41, 5.74) is 0. The number of hydrogen-bond acceptors (Lipinski definition) is 3. The molecule has 0 fully saturated rings. The third-order valence-corrected chi connectivity index (χ3v) is 1.68. The molecule has 0 aliphatic rings. The first-order valence-electron chi connectivity index (χ1n) is 3.06. The second kappa shape index (κ2) is 3.67. The van der Waals surface area contributed by atoms with Gasteiger partial charge in [0.2, 0.25) is 0 Å². The zero-order valence-electron chi connectivity index (χ0n) is 6.40. The van der Waals surface area contributed by atoms with Crippen molar-refractivity contribution in [3.8, 4) is 6.07 Å². The number of hydrogen-bond donors (Lipinski definition) is 2. The van der Waals surface area contributed by atoms with E-state index in [1.54, 1.807) is 19.9 Å². The number of nitrogens with one attached hydrogen (secondary N) is 1. The number of nitrogens with two attached hydrogens (primary N) is 1. The Bertz CT molecular complexity index is 251. The minimum absolute atomic E-state index is 0.0849. The maximum absolute atomic E-state index is 10.4. The Morgan fingerprint density at radius 1 is 1.55 bits per heavy atom. The fourth-order valence-corrected chi connectivity index (χ4v) is 1.17. The van der Waals surface area contributed by atoms with E-state index >= 15 is 0 Å². The van der Waals surface area contributed by atoms with Gasteiger partial charge in [0.1, 0.15) is 6.04 Å². The molecule has 0 rings (SSSR count). The average Bonchev–Trinajstić information content (AvgIpc) is 1.80. The number of rotatable bonds is 3. The summed E-state index contributed by atoms with van der Waals surface area (Å²) >= 11 is 0. The van der Waals surface area contributed by atoms with E-state index < -0.39 is 16.3 Å². The van der Waals surface area contributed by atoms with Crippen LogP contribution in [0, 0.1) is 17.2 Å². The molecule has 64 valence electrons. The van der Waals surface area contributed by atoms with Crippen LogP contribution >= 0.6 is 0 Å². The molecular weight excluding hydrogens is 166 g/mol. The smallest absolute Gasteiger partial charge is 0.216 e. The average molecular weight is 177 g/mol. The second-order valence-electron chi connectivity index (χ2n) is 2.51. The third-order valence-electron chi connectivity index (χ3n) is 1.10. The van der Waals surface area contributed by atoms with Crippen molar-refractivity contribution < 1.29 is 8.42 Å². The van der Waals surface area contributed by atoms with Gasteiger partial charge in [0.15, 0.2) is 0 Å². The lowest BCUT2D eigenvalue weighted by Crippen LogP contribution is -2.41. The maximum atomic E-state index is 10.4. The van der Waals surface area contributed by atoms with E-state index in [0.717, 1.165) is 0 Å². The number of nitrogens with zero attached hydrogens (tertiary/aromatic N) is 1. The van der Waals surface area contributed by atoms with Crippen molar-refractivity contribution in [2.75, 3.05) is 0 Å². The van der Waals surface area contributed by atoms with E-state index in [0.29, 0.717) is 0 Å². The van der Waals surface area contributed by atoms with Crippen LogP contribution in [0.2, 0.25) is 0 Å². The Hall–Kier alpha value is -0.640. The first kappa shape index (κ1) is 10.4. The fraction of sp³-hybridized carbons (Fsp3) is 0.800. The van der Waals surface area contributed by atoms with E-state index in [4.69, 9.17) is 5.26 Å². The van der Waals surface area contributed by atoms with Crippen LogP contribution in [0.5, 0.6) is 0 Å². The van der Waals surface area contributed by atoms with Gasteiger partial charge in [-0.2, -0.15) is 18.4 Å². The standard InChI is InChI=1S/C5H11N3O2S/c1-4(2)5(3-6)8-11(7,9)10/h4-5,8H,1-2H3,(H2,7,9,10). The maximum Gasteiger partial charge on any atom is 0.275 e. The summed E-state index contributed by atoms with van der Waals surface area (Å²) in [5, 5.41) is 13.1. The number of nitriles is 1. The summed E-state index contributed by atoms with van der Waals surface area (Å²) in [7, 11) is -3.75. The zero-order chi connectivity index (χ0) is 9.07. The normalized spacial score (nSPS) is 14.5.